The number of hydrogen-bond donors (Lipinski definition) is 2. The Bertz CT molecular complexity index is 551. The highest BCUT2D eigenvalue weighted by atomic mass is 16.7. The number of allylic oxidation sites excluding steroid dienone is 1. The van der Waals surface area contributed by atoms with Gasteiger partial charge in [-0.05, 0) is 44.4 Å². The van der Waals surface area contributed by atoms with Gasteiger partial charge in [0.05, 0.1) is 5.54 Å². The second kappa shape index (κ2) is 9.45. The maximum absolute atomic E-state index is 12.1. The number of ether oxygens (including phenoxy) is 2. The zero-order valence-corrected chi connectivity index (χ0v) is 15.4. The molecule has 0 atom stereocenters. The molecule has 2 amide bonds. The van der Waals surface area contributed by atoms with Gasteiger partial charge in [0.25, 0.3) is 0 Å². The molecule has 0 saturated heterocycles. The van der Waals surface area contributed by atoms with Crippen molar-refractivity contribution in [2.45, 2.75) is 45.4 Å². The molecular formula is C19H30N2O3. The van der Waals surface area contributed by atoms with Crippen LogP contribution in [0.5, 0.6) is 0 Å². The monoisotopic (exact) mass is 334 g/mol. The lowest BCUT2D eigenvalue weighted by molar-refractivity contribution is -0.106. The number of urea groups is 1. The highest BCUT2D eigenvalue weighted by molar-refractivity contribution is 5.75. The Kier molecular flexibility index (Phi) is 7.95. The quantitative estimate of drug-likeness (QED) is 0.535. The van der Waals surface area contributed by atoms with Crippen molar-refractivity contribution < 1.29 is 14.3 Å². The smallest absolute Gasteiger partial charge is 0.315 e. The predicted molar refractivity (Wildman–Crippen MR) is 97.8 cm³/mol. The maximum atomic E-state index is 12.1. The standard InChI is InChI=1S/C19H30N2O3/c1-14(2)15-9-7-10-16(13-15)19(3,4)21-18(22)20-12-8-11-17(23-5)24-6/h7,9-10,13,17H,1,8,11-12H2,2-6H3,(H2,20,21,22). The van der Waals surface area contributed by atoms with Crippen LogP contribution >= 0.6 is 0 Å². The van der Waals surface area contributed by atoms with Gasteiger partial charge in [0.1, 0.15) is 0 Å². The second-order valence-electron chi connectivity index (χ2n) is 6.41. The van der Waals surface area contributed by atoms with Crippen LogP contribution in [-0.2, 0) is 15.0 Å². The van der Waals surface area contributed by atoms with Gasteiger partial charge in [0.2, 0.25) is 0 Å². The summed E-state index contributed by atoms with van der Waals surface area (Å²) in [5.74, 6) is 0. The summed E-state index contributed by atoms with van der Waals surface area (Å²) in [6.07, 6.45) is 1.29. The Morgan fingerprint density at radius 3 is 2.54 bits per heavy atom. The highest BCUT2D eigenvalue weighted by Crippen LogP contribution is 2.23. The van der Waals surface area contributed by atoms with Gasteiger partial charge in [-0.1, -0.05) is 30.4 Å². The molecule has 0 unspecified atom stereocenters. The first-order valence-electron chi connectivity index (χ1n) is 8.18. The Labute approximate surface area is 145 Å². The molecule has 0 bridgehead atoms. The minimum absolute atomic E-state index is 0.188. The molecular weight excluding hydrogens is 304 g/mol. The summed E-state index contributed by atoms with van der Waals surface area (Å²) in [6.45, 7) is 10.5. The van der Waals surface area contributed by atoms with Crippen LogP contribution in [0.3, 0.4) is 0 Å². The largest absolute Gasteiger partial charge is 0.356 e. The van der Waals surface area contributed by atoms with Crippen molar-refractivity contribution in [3.8, 4) is 0 Å². The zero-order chi connectivity index (χ0) is 18.2. The number of benzene rings is 1. The van der Waals surface area contributed by atoms with Crippen LogP contribution in [0.25, 0.3) is 5.57 Å². The van der Waals surface area contributed by atoms with Gasteiger partial charge in [0, 0.05) is 27.2 Å². The second-order valence-corrected chi connectivity index (χ2v) is 6.41. The maximum Gasteiger partial charge on any atom is 0.315 e. The van der Waals surface area contributed by atoms with E-state index in [0.29, 0.717) is 6.54 Å². The molecule has 1 aromatic carbocycles. The van der Waals surface area contributed by atoms with Crippen LogP contribution < -0.4 is 10.6 Å². The molecule has 24 heavy (non-hydrogen) atoms. The van der Waals surface area contributed by atoms with Crippen molar-refractivity contribution >= 4 is 11.6 Å². The van der Waals surface area contributed by atoms with E-state index in [4.69, 9.17) is 9.47 Å². The predicted octanol–water partition coefficient (Wildman–Crippen LogP) is 3.65. The van der Waals surface area contributed by atoms with E-state index < -0.39 is 5.54 Å². The van der Waals surface area contributed by atoms with Gasteiger partial charge in [-0.3, -0.25) is 0 Å². The third-order valence-corrected chi connectivity index (χ3v) is 3.93. The van der Waals surface area contributed by atoms with Crippen molar-refractivity contribution in [1.29, 1.82) is 0 Å². The number of carbonyl (C=O) groups is 1. The summed E-state index contributed by atoms with van der Waals surface area (Å²) < 4.78 is 10.2. The fourth-order valence-corrected chi connectivity index (χ4v) is 2.38. The van der Waals surface area contributed by atoms with Gasteiger partial charge in [-0.15, -0.1) is 0 Å². The van der Waals surface area contributed by atoms with Crippen LogP contribution in [0.1, 0.15) is 44.7 Å². The van der Waals surface area contributed by atoms with Crippen LogP contribution in [0, 0.1) is 0 Å². The van der Waals surface area contributed by atoms with Gasteiger partial charge >= 0.3 is 6.03 Å². The first kappa shape index (κ1) is 20.2. The molecule has 0 aliphatic heterocycles. The molecule has 1 aromatic rings. The van der Waals surface area contributed by atoms with Crippen LogP contribution in [0.15, 0.2) is 30.8 Å². The SMILES string of the molecule is C=C(C)c1cccc(C(C)(C)NC(=O)NCCCC(OC)OC)c1. The average Bonchev–Trinajstić information content (AvgIpc) is 2.54. The van der Waals surface area contributed by atoms with Gasteiger partial charge < -0.3 is 20.1 Å². The van der Waals surface area contributed by atoms with Gasteiger partial charge in [0.15, 0.2) is 6.29 Å². The van der Waals surface area contributed by atoms with Crippen molar-refractivity contribution in [1.82, 2.24) is 10.6 Å². The third-order valence-electron chi connectivity index (χ3n) is 3.93. The van der Waals surface area contributed by atoms with Crippen LogP contribution in [0.4, 0.5) is 4.79 Å². The van der Waals surface area contributed by atoms with Crippen LogP contribution in [-0.4, -0.2) is 33.1 Å². The van der Waals surface area contributed by atoms with E-state index >= 15 is 0 Å². The van der Waals surface area contributed by atoms with E-state index in [-0.39, 0.29) is 12.3 Å². The average molecular weight is 334 g/mol. The first-order valence-corrected chi connectivity index (χ1v) is 8.18. The minimum atomic E-state index is -0.475. The zero-order valence-electron chi connectivity index (χ0n) is 15.4. The Balaban J connectivity index is 2.53. The molecule has 0 aliphatic carbocycles. The normalized spacial score (nSPS) is 11.4. The summed E-state index contributed by atoms with van der Waals surface area (Å²) in [5, 5.41) is 5.88. The summed E-state index contributed by atoms with van der Waals surface area (Å²) in [4.78, 5) is 12.1. The minimum Gasteiger partial charge on any atom is -0.356 e. The fourth-order valence-electron chi connectivity index (χ4n) is 2.38. The molecule has 0 saturated carbocycles. The molecule has 0 spiro atoms. The van der Waals surface area contributed by atoms with Crippen LogP contribution in [0.2, 0.25) is 0 Å². The molecule has 0 radical (unpaired) electrons. The van der Waals surface area contributed by atoms with Crippen molar-refractivity contribution in [2.75, 3.05) is 20.8 Å². The van der Waals surface area contributed by atoms with E-state index in [2.05, 4.69) is 23.3 Å². The molecule has 0 aromatic heterocycles. The van der Waals surface area contributed by atoms with Gasteiger partial charge in [-0.2, -0.15) is 0 Å². The lowest BCUT2D eigenvalue weighted by Crippen LogP contribution is -2.46. The molecule has 1 rings (SSSR count). The van der Waals surface area contributed by atoms with E-state index in [1.807, 2.05) is 39.0 Å². The fraction of sp³-hybridized carbons (Fsp3) is 0.526. The first-order chi connectivity index (χ1) is 11.3. The van der Waals surface area contributed by atoms with Gasteiger partial charge in [-0.25, -0.2) is 4.79 Å². The number of nitrogens with one attached hydrogen (secondary N) is 2. The lowest BCUT2D eigenvalue weighted by Gasteiger charge is -2.27. The Hall–Kier alpha value is -1.85. The van der Waals surface area contributed by atoms with Crippen molar-refractivity contribution in [3.63, 3.8) is 0 Å². The van der Waals surface area contributed by atoms with E-state index in [1.165, 1.54) is 0 Å². The molecule has 0 fully saturated rings. The molecule has 2 N–H and O–H groups in total. The Morgan fingerprint density at radius 1 is 1.29 bits per heavy atom. The number of amides is 2. The molecule has 134 valence electrons. The lowest BCUT2D eigenvalue weighted by atomic mass is 9.92. The molecule has 5 heteroatoms. The summed E-state index contributed by atoms with van der Waals surface area (Å²) in [5.41, 5.74) is 2.64. The number of hydrogen-bond acceptors (Lipinski definition) is 3. The Morgan fingerprint density at radius 2 is 1.96 bits per heavy atom. The van der Waals surface area contributed by atoms with E-state index in [1.54, 1.807) is 14.2 Å². The van der Waals surface area contributed by atoms with Crippen molar-refractivity contribution in [2.24, 2.45) is 0 Å². The molecule has 0 aliphatic rings. The summed E-state index contributed by atoms with van der Waals surface area (Å²) in [6, 6.07) is 7.88. The molecule has 5 nitrogen and oxygen atoms in total. The number of carbonyl (C=O) groups excluding carboxylic acids is 1. The van der Waals surface area contributed by atoms with E-state index in [0.717, 1.165) is 29.5 Å². The third kappa shape index (κ3) is 6.34. The summed E-state index contributed by atoms with van der Waals surface area (Å²) in [7, 11) is 3.21. The van der Waals surface area contributed by atoms with Crippen molar-refractivity contribution in [3.05, 3.63) is 42.0 Å². The topological polar surface area (TPSA) is 59.6 Å². The number of rotatable bonds is 9. The highest BCUT2D eigenvalue weighted by Gasteiger charge is 2.23. The van der Waals surface area contributed by atoms with E-state index in [9.17, 15) is 4.79 Å². The molecule has 0 heterocycles. The number of methoxy groups -OCH3 is 2. The summed E-state index contributed by atoms with van der Waals surface area (Å²) >= 11 is 0.